The lowest BCUT2D eigenvalue weighted by atomic mass is 10.1. The van der Waals surface area contributed by atoms with E-state index in [9.17, 15) is 13.2 Å². The van der Waals surface area contributed by atoms with Gasteiger partial charge < -0.3 is 10.2 Å². The minimum atomic E-state index is -3.39. The number of benzene rings is 2. The quantitative estimate of drug-likeness (QED) is 0.639. The van der Waals surface area contributed by atoms with Gasteiger partial charge in [-0.25, -0.2) is 8.42 Å². The third-order valence-corrected chi connectivity index (χ3v) is 7.31. The third kappa shape index (κ3) is 6.72. The summed E-state index contributed by atoms with van der Waals surface area (Å²) in [5.74, 6) is -0.180. The van der Waals surface area contributed by atoms with Crippen molar-refractivity contribution in [2.24, 2.45) is 0 Å². The van der Waals surface area contributed by atoms with Gasteiger partial charge in [0, 0.05) is 49.9 Å². The summed E-state index contributed by atoms with van der Waals surface area (Å²) in [4.78, 5) is 14.1. The predicted octanol–water partition coefficient (Wildman–Crippen LogP) is 2.93. The van der Waals surface area contributed by atoms with Gasteiger partial charge in [0.2, 0.25) is 15.9 Å². The zero-order valence-electron chi connectivity index (χ0n) is 17.0. The van der Waals surface area contributed by atoms with Crippen LogP contribution < -0.4 is 10.2 Å². The molecule has 1 heterocycles. The molecule has 0 unspecified atom stereocenters. The highest BCUT2D eigenvalue weighted by molar-refractivity contribution is 7.89. The Labute approximate surface area is 183 Å². The first-order valence-electron chi connectivity index (χ1n) is 10.2. The minimum Gasteiger partial charge on any atom is -0.369 e. The van der Waals surface area contributed by atoms with Crippen molar-refractivity contribution in [3.05, 3.63) is 65.2 Å². The van der Waals surface area contributed by atoms with Crippen LogP contribution in [-0.4, -0.2) is 57.1 Å². The van der Waals surface area contributed by atoms with Crippen LogP contribution in [0.15, 0.2) is 54.6 Å². The molecule has 0 radical (unpaired) electrons. The maximum atomic E-state index is 12.6. The largest absolute Gasteiger partial charge is 0.369 e. The first-order valence-corrected chi connectivity index (χ1v) is 12.2. The lowest BCUT2D eigenvalue weighted by Crippen LogP contribution is -2.50. The molecule has 0 spiro atoms. The molecule has 0 aliphatic carbocycles. The summed E-state index contributed by atoms with van der Waals surface area (Å²) >= 11 is 6.04. The molecule has 6 nitrogen and oxygen atoms in total. The fourth-order valence-corrected chi connectivity index (χ4v) is 5.05. The molecule has 1 aliphatic heterocycles. The summed E-state index contributed by atoms with van der Waals surface area (Å²) in [6.07, 6.45) is 1.98. The number of nitrogens with one attached hydrogen (secondary N) is 1. The van der Waals surface area contributed by atoms with Crippen molar-refractivity contribution >= 4 is 33.2 Å². The van der Waals surface area contributed by atoms with Gasteiger partial charge in [0.05, 0.1) is 5.75 Å². The summed E-state index contributed by atoms with van der Waals surface area (Å²) in [6, 6.07) is 17.6. The van der Waals surface area contributed by atoms with E-state index in [0.29, 0.717) is 37.6 Å². The number of hydrogen-bond donors (Lipinski definition) is 1. The number of hydrogen-bond acceptors (Lipinski definition) is 4. The Balaban J connectivity index is 1.36. The molecule has 3 rings (SSSR count). The van der Waals surface area contributed by atoms with Gasteiger partial charge in [-0.2, -0.15) is 4.31 Å². The topological polar surface area (TPSA) is 69.7 Å². The van der Waals surface area contributed by atoms with Crippen LogP contribution >= 0.6 is 11.6 Å². The molecule has 1 amide bonds. The lowest BCUT2D eigenvalue weighted by Gasteiger charge is -2.35. The summed E-state index contributed by atoms with van der Waals surface area (Å²) in [6.45, 7) is 2.23. The van der Waals surface area contributed by atoms with E-state index in [1.54, 1.807) is 0 Å². The van der Waals surface area contributed by atoms with Crippen molar-refractivity contribution in [1.82, 2.24) is 9.62 Å². The highest BCUT2D eigenvalue weighted by Crippen LogP contribution is 2.21. The molecule has 1 saturated heterocycles. The highest BCUT2D eigenvalue weighted by atomic mass is 35.5. The monoisotopic (exact) mass is 449 g/mol. The second-order valence-electron chi connectivity index (χ2n) is 7.37. The van der Waals surface area contributed by atoms with Gasteiger partial charge in [-0.15, -0.1) is 0 Å². The molecule has 30 heavy (non-hydrogen) atoms. The Kier molecular flexibility index (Phi) is 8.13. The molecule has 1 fully saturated rings. The van der Waals surface area contributed by atoms with Gasteiger partial charge >= 0.3 is 0 Å². The first-order chi connectivity index (χ1) is 14.4. The Morgan fingerprint density at radius 3 is 2.43 bits per heavy atom. The van der Waals surface area contributed by atoms with E-state index in [1.165, 1.54) is 9.87 Å². The fourth-order valence-electron chi connectivity index (χ4n) is 3.53. The fraction of sp³-hybridized carbons (Fsp3) is 0.409. The van der Waals surface area contributed by atoms with Crippen molar-refractivity contribution in [2.75, 3.05) is 43.4 Å². The molecule has 0 aromatic heterocycles. The maximum Gasteiger partial charge on any atom is 0.220 e. The van der Waals surface area contributed by atoms with Crippen LogP contribution in [-0.2, 0) is 21.2 Å². The molecular formula is C22H28ClN3O3S. The lowest BCUT2D eigenvalue weighted by molar-refractivity contribution is -0.121. The van der Waals surface area contributed by atoms with Crippen LogP contribution in [0.2, 0.25) is 5.02 Å². The molecule has 8 heteroatoms. The average Bonchev–Trinajstić information content (AvgIpc) is 2.74. The van der Waals surface area contributed by atoms with Crippen molar-refractivity contribution in [3.8, 4) is 0 Å². The van der Waals surface area contributed by atoms with Crippen LogP contribution in [0.1, 0.15) is 18.4 Å². The minimum absolute atomic E-state index is 0.0748. The maximum absolute atomic E-state index is 12.6. The second kappa shape index (κ2) is 10.8. The van der Waals surface area contributed by atoms with E-state index >= 15 is 0 Å². The third-order valence-electron chi connectivity index (χ3n) is 5.20. The number of piperazine rings is 1. The zero-order chi connectivity index (χ0) is 21.4. The van der Waals surface area contributed by atoms with E-state index in [4.69, 9.17) is 11.6 Å². The molecule has 2 aromatic rings. The average molecular weight is 450 g/mol. The van der Waals surface area contributed by atoms with Crippen molar-refractivity contribution in [3.63, 3.8) is 0 Å². The Morgan fingerprint density at radius 2 is 1.73 bits per heavy atom. The number of carbonyl (C=O) groups excluding carboxylic acids is 1. The van der Waals surface area contributed by atoms with Crippen molar-refractivity contribution < 1.29 is 13.2 Å². The molecule has 162 valence electrons. The van der Waals surface area contributed by atoms with Gasteiger partial charge in [-0.05, 0) is 36.6 Å². The number of amides is 1. The summed E-state index contributed by atoms with van der Waals surface area (Å²) in [5.41, 5.74) is 2.20. The Hall–Kier alpha value is -2.09. The predicted molar refractivity (Wildman–Crippen MR) is 121 cm³/mol. The molecule has 1 N–H and O–H groups in total. The number of anilines is 1. The van der Waals surface area contributed by atoms with Crippen LogP contribution in [0.5, 0.6) is 0 Å². The SMILES string of the molecule is O=C(CCCc1ccccc1)NCCS(=O)(=O)N1CCN(c2cccc(Cl)c2)CC1. The van der Waals surface area contributed by atoms with Crippen LogP contribution in [0.25, 0.3) is 0 Å². The van der Waals surface area contributed by atoms with Gasteiger partial charge in [0.15, 0.2) is 0 Å². The van der Waals surface area contributed by atoms with Gasteiger partial charge in [-0.3, -0.25) is 4.79 Å². The van der Waals surface area contributed by atoms with Crippen LogP contribution in [0, 0.1) is 0 Å². The standard InChI is InChI=1S/C22H28ClN3O3S/c23-20-9-5-10-21(18-20)25-13-15-26(16-14-25)30(28,29)17-12-24-22(27)11-4-8-19-6-2-1-3-7-19/h1-3,5-7,9-10,18H,4,8,11-17H2,(H,24,27). The van der Waals surface area contributed by atoms with Crippen LogP contribution in [0.3, 0.4) is 0 Å². The van der Waals surface area contributed by atoms with Crippen LogP contribution in [0.4, 0.5) is 5.69 Å². The number of rotatable bonds is 9. The molecular weight excluding hydrogens is 422 g/mol. The van der Waals surface area contributed by atoms with E-state index in [-0.39, 0.29) is 18.2 Å². The second-order valence-corrected chi connectivity index (χ2v) is 9.90. The van der Waals surface area contributed by atoms with E-state index in [0.717, 1.165) is 18.5 Å². The Bertz CT molecular complexity index is 930. The van der Waals surface area contributed by atoms with E-state index in [1.807, 2.05) is 54.6 Å². The van der Waals surface area contributed by atoms with Crippen molar-refractivity contribution in [1.29, 1.82) is 0 Å². The highest BCUT2D eigenvalue weighted by Gasteiger charge is 2.26. The molecule has 0 saturated carbocycles. The summed E-state index contributed by atoms with van der Waals surface area (Å²) in [5, 5.41) is 3.40. The normalized spacial score (nSPS) is 15.2. The number of nitrogens with zero attached hydrogens (tertiary/aromatic N) is 2. The summed E-state index contributed by atoms with van der Waals surface area (Å²) in [7, 11) is -3.39. The molecule has 0 bridgehead atoms. The number of carbonyl (C=O) groups is 1. The van der Waals surface area contributed by atoms with Gasteiger partial charge in [-0.1, -0.05) is 48.0 Å². The molecule has 2 aromatic carbocycles. The molecule has 1 aliphatic rings. The van der Waals surface area contributed by atoms with E-state index < -0.39 is 10.0 Å². The first kappa shape index (κ1) is 22.6. The zero-order valence-corrected chi connectivity index (χ0v) is 18.5. The summed E-state index contributed by atoms with van der Waals surface area (Å²) < 4.78 is 26.7. The van der Waals surface area contributed by atoms with E-state index in [2.05, 4.69) is 10.2 Å². The number of halogens is 1. The molecule has 0 atom stereocenters. The smallest absolute Gasteiger partial charge is 0.220 e. The number of sulfonamides is 1. The van der Waals surface area contributed by atoms with Gasteiger partial charge in [0.25, 0.3) is 0 Å². The number of aryl methyl sites for hydroxylation is 1. The van der Waals surface area contributed by atoms with Gasteiger partial charge in [0.1, 0.15) is 0 Å². The van der Waals surface area contributed by atoms with Crippen molar-refractivity contribution in [2.45, 2.75) is 19.3 Å². The Morgan fingerprint density at radius 1 is 1.00 bits per heavy atom.